The van der Waals surface area contributed by atoms with Crippen LogP contribution in [0.4, 0.5) is 4.39 Å². The van der Waals surface area contributed by atoms with Crippen LogP contribution in [-0.2, 0) is 0 Å². The average molecular weight is 389 g/mol. The van der Waals surface area contributed by atoms with Crippen molar-refractivity contribution in [3.05, 3.63) is 71.3 Å². The second kappa shape index (κ2) is 8.07. The van der Waals surface area contributed by atoms with Gasteiger partial charge in [-0.2, -0.15) is 0 Å². The average Bonchev–Trinajstić information content (AvgIpc) is 3.04. The Morgan fingerprint density at radius 2 is 2.04 bits per heavy atom. The molecule has 0 amide bonds. The van der Waals surface area contributed by atoms with E-state index in [0.29, 0.717) is 12.3 Å². The number of imidazole rings is 1. The first kappa shape index (κ1) is 18.7. The number of nitrogens with one attached hydrogen (secondary N) is 1. The molecule has 0 saturated heterocycles. The molecule has 1 atom stereocenters. The molecule has 0 radical (unpaired) electrons. The molecule has 4 rings (SSSR count). The van der Waals surface area contributed by atoms with E-state index in [1.165, 1.54) is 0 Å². The highest BCUT2D eigenvalue weighted by Crippen LogP contribution is 2.30. The maximum atomic E-state index is 13.1. The topological polar surface area (TPSA) is 28.7 Å². The van der Waals surface area contributed by atoms with Crippen molar-refractivity contribution in [1.82, 2.24) is 9.97 Å². The molecule has 0 saturated carbocycles. The Bertz CT molecular complexity index is 975. The number of allylic oxidation sites excluding steroid dienone is 3. The van der Waals surface area contributed by atoms with Crippen LogP contribution in [0.2, 0.25) is 5.02 Å². The molecule has 0 aliphatic heterocycles. The Balaban J connectivity index is 0.00000196. The standard InChI is InChI=1S/C21H18ClFN2.ClH/c22-18-4-2-1-3-17(18)15-8-11-19-20(13-15)25-21(24-19)12-7-14-5-9-16(23)10-6-14;/h1-4,7-9,11-14H,5-6,10H2,(H,24,25);1H. The monoisotopic (exact) mass is 388 g/mol. The predicted molar refractivity (Wildman–Crippen MR) is 109 cm³/mol. The fourth-order valence-electron chi connectivity index (χ4n) is 3.20. The number of aromatic amines is 1. The molecule has 26 heavy (non-hydrogen) atoms. The number of rotatable bonds is 3. The highest BCUT2D eigenvalue weighted by atomic mass is 35.5. The lowest BCUT2D eigenvalue weighted by atomic mass is 9.93. The molecule has 5 heteroatoms. The van der Waals surface area contributed by atoms with Crippen molar-refractivity contribution >= 4 is 41.1 Å². The summed E-state index contributed by atoms with van der Waals surface area (Å²) < 4.78 is 13.1. The third-order valence-electron chi connectivity index (χ3n) is 4.61. The Hall–Kier alpha value is -2.10. The van der Waals surface area contributed by atoms with Crippen molar-refractivity contribution in [2.75, 3.05) is 0 Å². The van der Waals surface area contributed by atoms with Gasteiger partial charge in [-0.05, 0) is 55.0 Å². The number of hydrogen-bond acceptors (Lipinski definition) is 1. The molecule has 1 aliphatic rings. The number of H-pyrrole nitrogens is 1. The van der Waals surface area contributed by atoms with Gasteiger partial charge in [-0.3, -0.25) is 0 Å². The molecule has 3 aromatic rings. The van der Waals surface area contributed by atoms with E-state index in [0.717, 1.165) is 45.8 Å². The van der Waals surface area contributed by atoms with Gasteiger partial charge in [-0.25, -0.2) is 9.37 Å². The second-order valence-corrected chi connectivity index (χ2v) is 6.79. The van der Waals surface area contributed by atoms with Gasteiger partial charge in [0.1, 0.15) is 5.82 Å². The van der Waals surface area contributed by atoms with E-state index in [9.17, 15) is 4.39 Å². The largest absolute Gasteiger partial charge is 0.338 e. The number of benzene rings is 2. The lowest BCUT2D eigenvalue weighted by molar-refractivity contribution is 0.481. The molecule has 1 aromatic heterocycles. The van der Waals surface area contributed by atoms with Crippen molar-refractivity contribution in [1.29, 1.82) is 0 Å². The minimum atomic E-state index is 0. The van der Waals surface area contributed by atoms with Crippen LogP contribution in [0.15, 0.2) is 60.4 Å². The minimum absolute atomic E-state index is 0. The fourth-order valence-corrected chi connectivity index (χ4v) is 3.44. The summed E-state index contributed by atoms with van der Waals surface area (Å²) in [6, 6.07) is 13.9. The van der Waals surface area contributed by atoms with E-state index in [-0.39, 0.29) is 18.2 Å². The predicted octanol–water partition coefficient (Wildman–Crippen LogP) is 6.97. The Labute approximate surface area is 163 Å². The molecule has 1 aliphatic carbocycles. The molecule has 0 spiro atoms. The molecular formula is C21H19Cl2FN2. The maximum absolute atomic E-state index is 13.1. The van der Waals surface area contributed by atoms with Gasteiger partial charge in [0.25, 0.3) is 0 Å². The van der Waals surface area contributed by atoms with Gasteiger partial charge < -0.3 is 4.98 Å². The molecule has 1 unspecified atom stereocenters. The number of hydrogen-bond donors (Lipinski definition) is 1. The minimum Gasteiger partial charge on any atom is -0.338 e. The molecule has 0 fully saturated rings. The first-order valence-corrected chi connectivity index (χ1v) is 8.84. The van der Waals surface area contributed by atoms with E-state index in [1.807, 2.05) is 42.5 Å². The van der Waals surface area contributed by atoms with Crippen molar-refractivity contribution < 1.29 is 4.39 Å². The Kier molecular flexibility index (Phi) is 5.80. The normalized spacial score (nSPS) is 17.3. The molecule has 134 valence electrons. The van der Waals surface area contributed by atoms with Crippen LogP contribution in [0.5, 0.6) is 0 Å². The molecular weight excluding hydrogens is 370 g/mol. The van der Waals surface area contributed by atoms with Gasteiger partial charge in [0.05, 0.1) is 16.9 Å². The maximum Gasteiger partial charge on any atom is 0.130 e. The van der Waals surface area contributed by atoms with Gasteiger partial charge in [-0.15, -0.1) is 12.4 Å². The first-order valence-electron chi connectivity index (χ1n) is 8.46. The fraction of sp³-hybridized carbons (Fsp3) is 0.190. The van der Waals surface area contributed by atoms with Crippen LogP contribution in [-0.4, -0.2) is 9.97 Å². The summed E-state index contributed by atoms with van der Waals surface area (Å²) in [7, 11) is 0. The van der Waals surface area contributed by atoms with Gasteiger partial charge in [0.15, 0.2) is 0 Å². The summed E-state index contributed by atoms with van der Waals surface area (Å²) in [5.41, 5.74) is 3.97. The summed E-state index contributed by atoms with van der Waals surface area (Å²) in [5, 5.41) is 0.735. The third-order valence-corrected chi connectivity index (χ3v) is 4.94. The zero-order valence-electron chi connectivity index (χ0n) is 14.1. The Morgan fingerprint density at radius 1 is 1.19 bits per heavy atom. The molecule has 1 heterocycles. The number of nitrogens with zero attached hydrogens (tertiary/aromatic N) is 1. The van der Waals surface area contributed by atoms with Gasteiger partial charge >= 0.3 is 0 Å². The van der Waals surface area contributed by atoms with Crippen LogP contribution in [0, 0.1) is 5.92 Å². The van der Waals surface area contributed by atoms with Crippen LogP contribution >= 0.6 is 24.0 Å². The van der Waals surface area contributed by atoms with Crippen LogP contribution in [0.1, 0.15) is 25.1 Å². The second-order valence-electron chi connectivity index (χ2n) is 6.38. The van der Waals surface area contributed by atoms with Crippen LogP contribution in [0.25, 0.3) is 28.2 Å². The number of fused-ring (bicyclic) bond motifs is 1. The summed E-state index contributed by atoms with van der Waals surface area (Å²) in [6.45, 7) is 0. The van der Waals surface area contributed by atoms with Crippen LogP contribution in [0.3, 0.4) is 0 Å². The summed E-state index contributed by atoms with van der Waals surface area (Å²) >= 11 is 6.29. The molecule has 2 nitrogen and oxygen atoms in total. The van der Waals surface area contributed by atoms with Gasteiger partial charge in [0.2, 0.25) is 0 Å². The zero-order chi connectivity index (χ0) is 17.2. The van der Waals surface area contributed by atoms with E-state index < -0.39 is 0 Å². The lowest BCUT2D eigenvalue weighted by Crippen LogP contribution is -2.00. The first-order chi connectivity index (χ1) is 12.2. The SMILES string of the molecule is Cl.FC1=CCC(C=Cc2nc3ccc(-c4ccccc4Cl)cc3[nH]2)CC1. The highest BCUT2D eigenvalue weighted by molar-refractivity contribution is 6.33. The molecule has 2 aromatic carbocycles. The third kappa shape index (κ3) is 4.00. The van der Waals surface area contributed by atoms with Gasteiger partial charge in [-0.1, -0.05) is 48.0 Å². The smallest absolute Gasteiger partial charge is 0.130 e. The van der Waals surface area contributed by atoms with Crippen molar-refractivity contribution in [3.8, 4) is 11.1 Å². The van der Waals surface area contributed by atoms with E-state index in [4.69, 9.17) is 11.6 Å². The number of halogens is 3. The number of aromatic nitrogens is 2. The zero-order valence-corrected chi connectivity index (χ0v) is 15.7. The van der Waals surface area contributed by atoms with Gasteiger partial charge in [0, 0.05) is 10.6 Å². The van der Waals surface area contributed by atoms with E-state index in [1.54, 1.807) is 6.08 Å². The van der Waals surface area contributed by atoms with Crippen molar-refractivity contribution in [2.24, 2.45) is 5.92 Å². The summed E-state index contributed by atoms with van der Waals surface area (Å²) in [6.07, 6.45) is 7.96. The Morgan fingerprint density at radius 3 is 2.81 bits per heavy atom. The van der Waals surface area contributed by atoms with Crippen molar-refractivity contribution in [3.63, 3.8) is 0 Å². The van der Waals surface area contributed by atoms with Crippen LogP contribution < -0.4 is 0 Å². The van der Waals surface area contributed by atoms with E-state index >= 15 is 0 Å². The molecule has 1 N–H and O–H groups in total. The highest BCUT2D eigenvalue weighted by Gasteiger charge is 2.12. The molecule has 0 bridgehead atoms. The van der Waals surface area contributed by atoms with Crippen molar-refractivity contribution in [2.45, 2.75) is 19.3 Å². The lowest BCUT2D eigenvalue weighted by Gasteiger charge is -2.14. The quantitative estimate of drug-likeness (QED) is 0.515. The van der Waals surface area contributed by atoms with E-state index in [2.05, 4.69) is 22.1 Å². The summed E-state index contributed by atoms with van der Waals surface area (Å²) in [4.78, 5) is 7.95. The summed E-state index contributed by atoms with van der Waals surface area (Å²) in [5.74, 6) is 1.22.